The van der Waals surface area contributed by atoms with Gasteiger partial charge in [0.2, 0.25) is 5.91 Å². The van der Waals surface area contributed by atoms with Crippen LogP contribution in [-0.4, -0.2) is 43.7 Å². The third-order valence-electron chi connectivity index (χ3n) is 5.37. The highest BCUT2D eigenvalue weighted by Crippen LogP contribution is 2.31. The van der Waals surface area contributed by atoms with Gasteiger partial charge in [0.05, 0.1) is 5.69 Å². The number of likely N-dealkylation sites (tertiary alicyclic amines) is 1. The van der Waals surface area contributed by atoms with Crippen LogP contribution in [0.2, 0.25) is 0 Å². The highest BCUT2D eigenvalue weighted by atomic mass is 19.1. The molecule has 132 valence electrons. The summed E-state index contributed by atoms with van der Waals surface area (Å²) in [5.74, 6) is 1.14. The quantitative estimate of drug-likeness (QED) is 0.898. The molecule has 5 heteroatoms. The van der Waals surface area contributed by atoms with Crippen LogP contribution in [0.15, 0.2) is 24.3 Å². The van der Waals surface area contributed by atoms with Crippen molar-refractivity contribution in [3.05, 3.63) is 30.1 Å². The van der Waals surface area contributed by atoms with Crippen molar-refractivity contribution in [3.63, 3.8) is 0 Å². The number of anilines is 1. The standard InChI is InChI=1S/C19H27FN2O2/c20-17-3-1-2-4-18(17)21-19(23)7-12-22-10-5-15(6-11-22)16-8-13-24-14-9-16/h1-4,15-16H,5-14H2,(H,21,23). The van der Waals surface area contributed by atoms with E-state index in [0.717, 1.165) is 44.7 Å². The predicted octanol–water partition coefficient (Wildman–Crippen LogP) is 3.29. The Morgan fingerprint density at radius 3 is 2.50 bits per heavy atom. The van der Waals surface area contributed by atoms with Crippen LogP contribution in [0, 0.1) is 17.7 Å². The molecular formula is C19H27FN2O2. The minimum Gasteiger partial charge on any atom is -0.381 e. The van der Waals surface area contributed by atoms with Crippen molar-refractivity contribution in [1.82, 2.24) is 4.90 Å². The van der Waals surface area contributed by atoms with Crippen molar-refractivity contribution in [1.29, 1.82) is 0 Å². The molecule has 24 heavy (non-hydrogen) atoms. The number of amides is 1. The Balaban J connectivity index is 1.37. The Morgan fingerprint density at radius 2 is 1.79 bits per heavy atom. The number of carbonyl (C=O) groups excluding carboxylic acids is 1. The predicted molar refractivity (Wildman–Crippen MR) is 92.4 cm³/mol. The van der Waals surface area contributed by atoms with E-state index in [1.54, 1.807) is 18.2 Å². The van der Waals surface area contributed by atoms with Gasteiger partial charge in [-0.25, -0.2) is 4.39 Å². The van der Waals surface area contributed by atoms with E-state index in [0.29, 0.717) is 6.42 Å². The van der Waals surface area contributed by atoms with Gasteiger partial charge in [-0.2, -0.15) is 0 Å². The molecule has 3 rings (SSSR count). The zero-order chi connectivity index (χ0) is 16.8. The summed E-state index contributed by atoms with van der Waals surface area (Å²) < 4.78 is 19.0. The van der Waals surface area contributed by atoms with Crippen molar-refractivity contribution in [3.8, 4) is 0 Å². The lowest BCUT2D eigenvalue weighted by Crippen LogP contribution is -2.38. The molecule has 0 aromatic heterocycles. The molecule has 2 aliphatic heterocycles. The summed E-state index contributed by atoms with van der Waals surface area (Å²) in [6, 6.07) is 6.29. The second-order valence-electron chi connectivity index (χ2n) is 6.91. The molecule has 2 heterocycles. The average molecular weight is 334 g/mol. The van der Waals surface area contributed by atoms with Gasteiger partial charge in [0.15, 0.2) is 0 Å². The highest BCUT2D eigenvalue weighted by molar-refractivity contribution is 5.90. The Morgan fingerprint density at radius 1 is 1.12 bits per heavy atom. The summed E-state index contributed by atoms with van der Waals surface area (Å²) in [6.45, 7) is 4.72. The monoisotopic (exact) mass is 334 g/mol. The lowest BCUT2D eigenvalue weighted by atomic mass is 9.80. The molecular weight excluding hydrogens is 307 g/mol. The van der Waals surface area contributed by atoms with Gasteiger partial charge in [-0.3, -0.25) is 4.79 Å². The first kappa shape index (κ1) is 17.4. The van der Waals surface area contributed by atoms with Crippen LogP contribution in [-0.2, 0) is 9.53 Å². The summed E-state index contributed by atoms with van der Waals surface area (Å²) in [4.78, 5) is 14.4. The molecule has 1 aromatic carbocycles. The molecule has 1 N–H and O–H groups in total. The average Bonchev–Trinajstić information content (AvgIpc) is 2.63. The van der Waals surface area contributed by atoms with Crippen molar-refractivity contribution in [2.24, 2.45) is 11.8 Å². The van der Waals surface area contributed by atoms with Gasteiger partial charge < -0.3 is 15.0 Å². The van der Waals surface area contributed by atoms with Gasteiger partial charge in [0.25, 0.3) is 0 Å². The maximum absolute atomic E-state index is 13.5. The molecule has 0 aliphatic carbocycles. The largest absolute Gasteiger partial charge is 0.381 e. The first-order valence-corrected chi connectivity index (χ1v) is 9.07. The fraction of sp³-hybridized carbons (Fsp3) is 0.632. The molecule has 0 saturated carbocycles. The lowest BCUT2D eigenvalue weighted by molar-refractivity contribution is -0.116. The highest BCUT2D eigenvalue weighted by Gasteiger charge is 2.27. The van der Waals surface area contributed by atoms with Crippen LogP contribution < -0.4 is 5.32 Å². The lowest BCUT2D eigenvalue weighted by Gasteiger charge is -2.37. The summed E-state index contributed by atoms with van der Waals surface area (Å²) >= 11 is 0. The number of nitrogens with one attached hydrogen (secondary N) is 1. The molecule has 0 atom stereocenters. The summed E-state index contributed by atoms with van der Waals surface area (Å²) in [7, 11) is 0. The zero-order valence-corrected chi connectivity index (χ0v) is 14.2. The number of halogens is 1. The van der Waals surface area contributed by atoms with E-state index in [2.05, 4.69) is 10.2 Å². The first-order chi connectivity index (χ1) is 11.7. The van der Waals surface area contributed by atoms with E-state index in [1.165, 1.54) is 31.7 Å². The normalized spacial score (nSPS) is 20.9. The number of nitrogens with zero attached hydrogens (tertiary/aromatic N) is 1. The van der Waals surface area contributed by atoms with Crippen LogP contribution in [0.1, 0.15) is 32.1 Å². The van der Waals surface area contributed by atoms with Crippen LogP contribution in [0.3, 0.4) is 0 Å². The summed E-state index contributed by atoms with van der Waals surface area (Å²) in [5.41, 5.74) is 0.265. The van der Waals surface area contributed by atoms with E-state index in [-0.39, 0.29) is 17.4 Å². The topological polar surface area (TPSA) is 41.6 Å². The molecule has 4 nitrogen and oxygen atoms in total. The van der Waals surface area contributed by atoms with Gasteiger partial charge in [-0.1, -0.05) is 12.1 Å². The molecule has 0 bridgehead atoms. The molecule has 0 spiro atoms. The Kier molecular flexibility index (Phi) is 6.21. The first-order valence-electron chi connectivity index (χ1n) is 9.07. The van der Waals surface area contributed by atoms with Gasteiger partial charge >= 0.3 is 0 Å². The number of benzene rings is 1. The molecule has 0 unspecified atom stereocenters. The number of para-hydroxylation sites is 1. The van der Waals surface area contributed by atoms with E-state index >= 15 is 0 Å². The fourth-order valence-corrected chi connectivity index (χ4v) is 3.87. The minimum absolute atomic E-state index is 0.119. The fourth-order valence-electron chi connectivity index (χ4n) is 3.87. The second-order valence-corrected chi connectivity index (χ2v) is 6.91. The number of piperidine rings is 1. The molecule has 1 amide bonds. The van der Waals surface area contributed by atoms with Gasteiger partial charge in [-0.15, -0.1) is 0 Å². The maximum Gasteiger partial charge on any atom is 0.225 e. The number of hydrogen-bond acceptors (Lipinski definition) is 3. The zero-order valence-electron chi connectivity index (χ0n) is 14.2. The SMILES string of the molecule is O=C(CCN1CCC(C2CCOCC2)CC1)Nc1ccccc1F. The summed E-state index contributed by atoms with van der Waals surface area (Å²) in [5, 5.41) is 2.66. The van der Waals surface area contributed by atoms with Crippen molar-refractivity contribution in [2.75, 3.05) is 38.2 Å². The third kappa shape index (κ3) is 4.77. The van der Waals surface area contributed by atoms with Crippen molar-refractivity contribution >= 4 is 11.6 Å². The smallest absolute Gasteiger partial charge is 0.225 e. The van der Waals surface area contributed by atoms with Crippen LogP contribution in [0.25, 0.3) is 0 Å². The molecule has 2 saturated heterocycles. The number of ether oxygens (including phenoxy) is 1. The number of hydrogen-bond donors (Lipinski definition) is 1. The van der Waals surface area contributed by atoms with Crippen LogP contribution >= 0.6 is 0 Å². The third-order valence-corrected chi connectivity index (χ3v) is 5.37. The van der Waals surface area contributed by atoms with Gasteiger partial charge in [0.1, 0.15) is 5.82 Å². The molecule has 2 aliphatic rings. The van der Waals surface area contributed by atoms with Crippen LogP contribution in [0.4, 0.5) is 10.1 Å². The summed E-state index contributed by atoms with van der Waals surface area (Å²) in [6.07, 6.45) is 5.26. The van der Waals surface area contributed by atoms with Crippen LogP contribution in [0.5, 0.6) is 0 Å². The molecule has 0 radical (unpaired) electrons. The van der Waals surface area contributed by atoms with E-state index in [1.807, 2.05) is 0 Å². The van der Waals surface area contributed by atoms with E-state index < -0.39 is 0 Å². The number of rotatable bonds is 5. The van der Waals surface area contributed by atoms with Gasteiger partial charge in [0, 0.05) is 26.2 Å². The van der Waals surface area contributed by atoms with E-state index in [4.69, 9.17) is 4.74 Å². The van der Waals surface area contributed by atoms with Crippen molar-refractivity contribution in [2.45, 2.75) is 32.1 Å². The minimum atomic E-state index is -0.386. The number of carbonyl (C=O) groups is 1. The Hall–Kier alpha value is -1.46. The molecule has 2 fully saturated rings. The molecule has 1 aromatic rings. The maximum atomic E-state index is 13.5. The Bertz CT molecular complexity index is 538. The van der Waals surface area contributed by atoms with E-state index in [9.17, 15) is 9.18 Å². The second kappa shape index (κ2) is 8.58. The van der Waals surface area contributed by atoms with Crippen molar-refractivity contribution < 1.29 is 13.9 Å². The van der Waals surface area contributed by atoms with Gasteiger partial charge in [-0.05, 0) is 62.7 Å². The Labute approximate surface area is 143 Å².